The number of hydrogen-bond donors (Lipinski definition) is 0. The molecular formula is C26H30N4O3. The van der Waals surface area contributed by atoms with Gasteiger partial charge in [0.1, 0.15) is 5.69 Å². The van der Waals surface area contributed by atoms with E-state index in [1.54, 1.807) is 6.20 Å². The lowest BCUT2D eigenvalue weighted by molar-refractivity contribution is -0.123. The van der Waals surface area contributed by atoms with Crippen LogP contribution < -0.4 is 0 Å². The van der Waals surface area contributed by atoms with Crippen molar-refractivity contribution in [3.63, 3.8) is 0 Å². The Morgan fingerprint density at radius 1 is 1.12 bits per heavy atom. The van der Waals surface area contributed by atoms with Crippen LogP contribution in [0.1, 0.15) is 73.1 Å². The van der Waals surface area contributed by atoms with Gasteiger partial charge in [0.05, 0.1) is 5.60 Å². The van der Waals surface area contributed by atoms with Crippen LogP contribution in [-0.4, -0.2) is 51.2 Å². The third-order valence-corrected chi connectivity index (χ3v) is 7.84. The van der Waals surface area contributed by atoms with Crippen LogP contribution in [0.25, 0.3) is 10.8 Å². The van der Waals surface area contributed by atoms with Crippen molar-refractivity contribution in [1.29, 1.82) is 0 Å². The Hall–Kier alpha value is -2.80. The van der Waals surface area contributed by atoms with Crippen molar-refractivity contribution >= 4 is 16.7 Å². The van der Waals surface area contributed by atoms with E-state index in [9.17, 15) is 4.79 Å². The Kier molecular flexibility index (Phi) is 5.37. The van der Waals surface area contributed by atoms with Crippen LogP contribution in [-0.2, 0) is 11.2 Å². The number of amides is 1. The highest BCUT2D eigenvalue weighted by atomic mass is 16.5. The lowest BCUT2D eigenvalue weighted by Crippen LogP contribution is -2.51. The molecular weight excluding hydrogens is 416 g/mol. The van der Waals surface area contributed by atoms with Gasteiger partial charge in [0.15, 0.2) is 5.82 Å². The molecule has 2 aromatic heterocycles. The zero-order chi connectivity index (χ0) is 22.3. The third-order valence-electron chi connectivity index (χ3n) is 7.84. The predicted octanol–water partition coefficient (Wildman–Crippen LogP) is 4.53. The van der Waals surface area contributed by atoms with Crippen LogP contribution in [0.15, 0.2) is 41.1 Å². The number of nitrogens with zero attached hydrogens (tertiary/aromatic N) is 4. The molecule has 3 aromatic rings. The monoisotopic (exact) mass is 446 g/mol. The maximum absolute atomic E-state index is 13.3. The van der Waals surface area contributed by atoms with Crippen molar-refractivity contribution in [2.75, 3.05) is 19.7 Å². The van der Waals surface area contributed by atoms with Gasteiger partial charge in [0, 0.05) is 43.6 Å². The first-order valence-electron chi connectivity index (χ1n) is 12.3. The molecule has 1 aliphatic carbocycles. The normalized spacial score (nSPS) is 23.0. The molecule has 33 heavy (non-hydrogen) atoms. The number of carbonyl (C=O) groups excluding carboxylic acids is 1. The fourth-order valence-electron chi connectivity index (χ4n) is 5.64. The van der Waals surface area contributed by atoms with Gasteiger partial charge in [-0.25, -0.2) is 0 Å². The van der Waals surface area contributed by atoms with Crippen LogP contribution in [0.3, 0.4) is 0 Å². The van der Waals surface area contributed by atoms with Gasteiger partial charge in [-0.05, 0) is 55.9 Å². The van der Waals surface area contributed by atoms with Crippen LogP contribution >= 0.6 is 0 Å². The second kappa shape index (κ2) is 8.52. The van der Waals surface area contributed by atoms with Gasteiger partial charge in [0.25, 0.3) is 5.91 Å². The minimum absolute atomic E-state index is 0.0179. The summed E-state index contributed by atoms with van der Waals surface area (Å²) in [5.41, 5.74) is 0.401. The number of piperidine rings is 1. The van der Waals surface area contributed by atoms with Crippen molar-refractivity contribution in [3.8, 4) is 0 Å². The molecule has 1 atom stereocenters. The molecule has 3 aliphatic rings. The summed E-state index contributed by atoms with van der Waals surface area (Å²) >= 11 is 0. The smallest absolute Gasteiger partial charge is 0.273 e. The summed E-state index contributed by atoms with van der Waals surface area (Å²) in [4.78, 5) is 24.3. The molecule has 4 heterocycles. The topological polar surface area (TPSA) is 81.4 Å². The summed E-state index contributed by atoms with van der Waals surface area (Å²) in [6.07, 6.45) is 9.93. The largest absolute Gasteiger partial charge is 0.375 e. The Bertz CT molecular complexity index is 1140. The van der Waals surface area contributed by atoms with Crippen LogP contribution in [0.2, 0.25) is 0 Å². The SMILES string of the molecule is O=C(c1nccc2ccccc12)N1CCC2(CC1)CC(Cc1noc(C3CCC3)n1)CCO2. The molecule has 0 bridgehead atoms. The maximum atomic E-state index is 13.3. The number of likely N-dealkylation sites (tertiary alicyclic amines) is 1. The summed E-state index contributed by atoms with van der Waals surface area (Å²) in [5.74, 6) is 2.66. The summed E-state index contributed by atoms with van der Waals surface area (Å²) in [6, 6.07) is 9.89. The maximum Gasteiger partial charge on any atom is 0.273 e. The minimum Gasteiger partial charge on any atom is -0.375 e. The second-order valence-corrected chi connectivity index (χ2v) is 9.94. The van der Waals surface area contributed by atoms with Crippen molar-refractivity contribution < 1.29 is 14.1 Å². The Balaban J connectivity index is 1.09. The first-order valence-corrected chi connectivity index (χ1v) is 12.3. The lowest BCUT2D eigenvalue weighted by Gasteiger charge is -2.46. The first kappa shape index (κ1) is 20.8. The Morgan fingerprint density at radius 3 is 2.79 bits per heavy atom. The Morgan fingerprint density at radius 2 is 1.97 bits per heavy atom. The number of pyridine rings is 1. The van der Waals surface area contributed by atoms with E-state index in [2.05, 4.69) is 15.1 Å². The fraction of sp³-hybridized carbons (Fsp3) is 0.538. The third kappa shape index (κ3) is 4.03. The standard InChI is InChI=1S/C26H30N4O3/c31-25(23-21-7-2-1-4-19(21)8-12-27-23)30-13-10-26(11-14-30)17-18(9-15-32-26)16-22-28-24(33-29-22)20-5-3-6-20/h1-2,4,7-8,12,18,20H,3,5-6,9-11,13-17H2. The van der Waals surface area contributed by atoms with Crippen LogP contribution in [0.5, 0.6) is 0 Å². The van der Waals surface area contributed by atoms with Gasteiger partial charge in [-0.1, -0.05) is 35.8 Å². The fourth-order valence-corrected chi connectivity index (χ4v) is 5.64. The molecule has 1 spiro atoms. The summed E-state index contributed by atoms with van der Waals surface area (Å²) in [5, 5.41) is 6.22. The van der Waals surface area contributed by atoms with Crippen LogP contribution in [0, 0.1) is 5.92 Å². The van der Waals surface area contributed by atoms with E-state index in [0.29, 0.717) is 30.6 Å². The molecule has 1 amide bonds. The summed E-state index contributed by atoms with van der Waals surface area (Å²) < 4.78 is 11.8. The number of ether oxygens (including phenoxy) is 1. The second-order valence-electron chi connectivity index (χ2n) is 9.94. The van der Waals surface area contributed by atoms with Gasteiger partial charge in [-0.2, -0.15) is 4.98 Å². The average molecular weight is 447 g/mol. The van der Waals surface area contributed by atoms with Gasteiger partial charge in [0.2, 0.25) is 5.89 Å². The Labute approximate surface area is 193 Å². The van der Waals surface area contributed by atoms with Gasteiger partial charge in [-0.3, -0.25) is 9.78 Å². The number of carbonyl (C=O) groups is 1. The molecule has 2 saturated heterocycles. The summed E-state index contributed by atoms with van der Waals surface area (Å²) in [7, 11) is 0. The average Bonchev–Trinajstić information content (AvgIpc) is 3.25. The van der Waals surface area contributed by atoms with Crippen molar-refractivity contribution in [2.45, 2.75) is 62.9 Å². The van der Waals surface area contributed by atoms with E-state index in [1.807, 2.05) is 35.2 Å². The van der Waals surface area contributed by atoms with Crippen molar-refractivity contribution in [1.82, 2.24) is 20.0 Å². The number of hydrogen-bond acceptors (Lipinski definition) is 6. The van der Waals surface area contributed by atoms with E-state index < -0.39 is 0 Å². The van der Waals surface area contributed by atoms with Gasteiger partial charge >= 0.3 is 0 Å². The molecule has 0 radical (unpaired) electrons. The highest BCUT2D eigenvalue weighted by Gasteiger charge is 2.42. The minimum atomic E-state index is -0.146. The molecule has 1 unspecified atom stereocenters. The quantitative estimate of drug-likeness (QED) is 0.586. The zero-order valence-electron chi connectivity index (χ0n) is 18.9. The first-order chi connectivity index (χ1) is 16.2. The number of rotatable bonds is 4. The molecule has 2 aliphatic heterocycles. The molecule has 1 aromatic carbocycles. The van der Waals surface area contributed by atoms with E-state index in [4.69, 9.17) is 9.26 Å². The molecule has 172 valence electrons. The lowest BCUT2D eigenvalue weighted by atomic mass is 9.78. The van der Waals surface area contributed by atoms with Gasteiger partial charge < -0.3 is 14.2 Å². The van der Waals surface area contributed by atoms with Crippen LogP contribution in [0.4, 0.5) is 0 Å². The molecule has 6 rings (SSSR count). The predicted molar refractivity (Wildman–Crippen MR) is 123 cm³/mol. The highest BCUT2D eigenvalue weighted by Crippen LogP contribution is 2.40. The molecule has 3 fully saturated rings. The van der Waals surface area contributed by atoms with E-state index in [-0.39, 0.29) is 11.5 Å². The van der Waals surface area contributed by atoms with E-state index in [1.165, 1.54) is 19.3 Å². The van der Waals surface area contributed by atoms with E-state index in [0.717, 1.165) is 61.2 Å². The van der Waals surface area contributed by atoms with Gasteiger partial charge in [-0.15, -0.1) is 0 Å². The van der Waals surface area contributed by atoms with Crippen molar-refractivity contribution in [3.05, 3.63) is 53.9 Å². The zero-order valence-corrected chi connectivity index (χ0v) is 18.9. The number of benzene rings is 1. The van der Waals surface area contributed by atoms with E-state index >= 15 is 0 Å². The molecule has 7 heteroatoms. The molecule has 7 nitrogen and oxygen atoms in total. The number of fused-ring (bicyclic) bond motifs is 1. The molecule has 1 saturated carbocycles. The molecule has 0 N–H and O–H groups in total. The summed E-state index contributed by atoms with van der Waals surface area (Å²) in [6.45, 7) is 2.16. The van der Waals surface area contributed by atoms with Crippen molar-refractivity contribution in [2.24, 2.45) is 5.92 Å². The number of aromatic nitrogens is 3. The highest BCUT2D eigenvalue weighted by molar-refractivity contribution is 6.05.